The summed E-state index contributed by atoms with van der Waals surface area (Å²) in [5.41, 5.74) is 3.42. The van der Waals surface area contributed by atoms with Gasteiger partial charge in [-0.25, -0.2) is 0 Å². The molecule has 1 aliphatic rings. The van der Waals surface area contributed by atoms with Gasteiger partial charge in [0.1, 0.15) is 12.0 Å². The minimum atomic E-state index is -0.0515. The lowest BCUT2D eigenvalue weighted by Gasteiger charge is -2.32. The molecule has 4 rings (SSSR count). The fraction of sp³-hybridized carbons (Fsp3) is 0. The summed E-state index contributed by atoms with van der Waals surface area (Å²) in [5.74, 6) is 1.52. The molecular formula is C21H15NO3. The Morgan fingerprint density at radius 3 is 1.96 bits per heavy atom. The molecule has 0 unspecified atom stereocenters. The number of carbonyl (C=O) groups excluding carboxylic acids is 1. The quantitative estimate of drug-likeness (QED) is 0.312. The topological polar surface area (TPSA) is 49.8 Å². The maximum Gasteiger partial charge on any atom is 0.151 e. The first-order valence-corrected chi connectivity index (χ1v) is 7.89. The number of allylic oxidation sites excluding steroid dienone is 1. The summed E-state index contributed by atoms with van der Waals surface area (Å²) in [5, 5.41) is 9.83. The first-order valence-electron chi connectivity index (χ1n) is 7.89. The number of hydrogen-bond donors (Lipinski definition) is 1. The van der Waals surface area contributed by atoms with E-state index < -0.39 is 0 Å². The van der Waals surface area contributed by atoms with E-state index in [1.807, 2.05) is 60.7 Å². The van der Waals surface area contributed by atoms with E-state index in [0.29, 0.717) is 11.8 Å². The van der Waals surface area contributed by atoms with E-state index >= 15 is 0 Å². The van der Waals surface area contributed by atoms with Crippen LogP contribution < -0.4 is 9.64 Å². The highest BCUT2D eigenvalue weighted by molar-refractivity contribution is 5.86. The second-order valence-corrected chi connectivity index (χ2v) is 5.61. The molecule has 0 radical (unpaired) electrons. The number of benzene rings is 3. The smallest absolute Gasteiger partial charge is 0.151 e. The molecule has 0 bridgehead atoms. The third-order valence-corrected chi connectivity index (χ3v) is 4.08. The van der Waals surface area contributed by atoms with Crippen molar-refractivity contribution < 1.29 is 14.6 Å². The first kappa shape index (κ1) is 15.0. The second kappa shape index (κ2) is 6.17. The molecule has 0 amide bonds. The van der Waals surface area contributed by atoms with E-state index in [-0.39, 0.29) is 5.76 Å². The number of aldehydes is 1. The standard InChI is InChI=1S/C21H15NO3/c23-14-13-19(24)15-9-11-16(12-10-15)22-17-5-1-3-7-20(17)25-21-8-4-2-6-18(21)22/h1-14,24H. The molecule has 0 atom stereocenters. The normalized spacial score (nSPS) is 12.8. The zero-order valence-electron chi connectivity index (χ0n) is 13.3. The summed E-state index contributed by atoms with van der Waals surface area (Å²) < 4.78 is 5.99. The Labute approximate surface area is 145 Å². The van der Waals surface area contributed by atoms with E-state index in [1.165, 1.54) is 0 Å². The minimum absolute atomic E-state index is 0.0515. The molecule has 3 aromatic carbocycles. The maximum absolute atomic E-state index is 10.5. The van der Waals surface area contributed by atoms with E-state index in [1.54, 1.807) is 12.1 Å². The van der Waals surface area contributed by atoms with E-state index in [4.69, 9.17) is 4.74 Å². The van der Waals surface area contributed by atoms with Crippen LogP contribution >= 0.6 is 0 Å². The molecule has 0 aliphatic carbocycles. The number of ether oxygens (including phenoxy) is 1. The van der Waals surface area contributed by atoms with E-state index in [0.717, 1.165) is 34.6 Å². The van der Waals surface area contributed by atoms with E-state index in [2.05, 4.69) is 4.90 Å². The number of anilines is 3. The van der Waals surface area contributed by atoms with Gasteiger partial charge >= 0.3 is 0 Å². The number of nitrogens with zero attached hydrogens (tertiary/aromatic N) is 1. The Bertz CT molecular complexity index is 915. The highest BCUT2D eigenvalue weighted by Crippen LogP contribution is 2.49. The number of aliphatic hydroxyl groups excluding tert-OH is 1. The molecule has 3 aromatic rings. The average Bonchev–Trinajstić information content (AvgIpc) is 2.66. The fourth-order valence-corrected chi connectivity index (χ4v) is 2.92. The van der Waals surface area contributed by atoms with Crippen LogP contribution in [0.25, 0.3) is 5.76 Å². The Balaban J connectivity index is 1.82. The van der Waals surface area contributed by atoms with Crippen molar-refractivity contribution in [1.82, 2.24) is 0 Å². The molecule has 4 nitrogen and oxygen atoms in total. The van der Waals surface area contributed by atoms with Crippen molar-refractivity contribution >= 4 is 29.1 Å². The number of carbonyl (C=O) groups is 1. The van der Waals surface area contributed by atoms with Crippen LogP contribution in [0.1, 0.15) is 5.56 Å². The highest BCUT2D eigenvalue weighted by Gasteiger charge is 2.24. The van der Waals surface area contributed by atoms with Crippen LogP contribution in [0, 0.1) is 0 Å². The zero-order valence-corrected chi connectivity index (χ0v) is 13.3. The summed E-state index contributed by atoms with van der Waals surface area (Å²) in [6.07, 6.45) is 1.70. The van der Waals surface area contributed by atoms with Crippen LogP contribution in [0.5, 0.6) is 11.5 Å². The number of aliphatic hydroxyl groups is 1. The van der Waals surface area contributed by atoms with Crippen molar-refractivity contribution in [3.8, 4) is 11.5 Å². The largest absolute Gasteiger partial charge is 0.507 e. The highest BCUT2D eigenvalue weighted by atomic mass is 16.5. The SMILES string of the molecule is O=CC=C(O)c1ccc(N2c3ccccc3Oc3ccccc32)cc1. The van der Waals surface area contributed by atoms with Crippen LogP contribution in [-0.2, 0) is 4.79 Å². The Morgan fingerprint density at radius 2 is 1.40 bits per heavy atom. The summed E-state index contributed by atoms with van der Waals surface area (Å²) in [6.45, 7) is 0. The lowest BCUT2D eigenvalue weighted by Crippen LogP contribution is -2.15. The number of fused-ring (bicyclic) bond motifs is 2. The molecule has 4 heteroatoms. The molecule has 0 saturated carbocycles. The van der Waals surface area contributed by atoms with Crippen molar-refractivity contribution in [2.45, 2.75) is 0 Å². The van der Waals surface area contributed by atoms with Gasteiger partial charge in [0.15, 0.2) is 11.5 Å². The minimum Gasteiger partial charge on any atom is -0.507 e. The zero-order chi connectivity index (χ0) is 17.2. The van der Waals surface area contributed by atoms with Gasteiger partial charge in [-0.3, -0.25) is 4.79 Å². The molecule has 0 aromatic heterocycles. The molecule has 1 aliphatic heterocycles. The number of rotatable bonds is 3. The van der Waals surface area contributed by atoms with Gasteiger partial charge in [-0.15, -0.1) is 0 Å². The van der Waals surface area contributed by atoms with Crippen molar-refractivity contribution in [1.29, 1.82) is 0 Å². The van der Waals surface area contributed by atoms with Crippen molar-refractivity contribution in [2.24, 2.45) is 0 Å². The lowest BCUT2D eigenvalue weighted by atomic mass is 10.1. The number of para-hydroxylation sites is 4. The molecule has 122 valence electrons. The Kier molecular flexibility index (Phi) is 3.71. The third-order valence-electron chi connectivity index (χ3n) is 4.08. The molecule has 0 saturated heterocycles. The predicted octanol–water partition coefficient (Wildman–Crippen LogP) is 5.36. The van der Waals surface area contributed by atoms with Gasteiger partial charge in [-0.2, -0.15) is 0 Å². The molecule has 0 fully saturated rings. The van der Waals surface area contributed by atoms with Gasteiger partial charge in [-0.05, 0) is 48.5 Å². The van der Waals surface area contributed by atoms with Crippen LogP contribution in [0.15, 0.2) is 78.9 Å². The van der Waals surface area contributed by atoms with Gasteiger partial charge in [0.25, 0.3) is 0 Å². The van der Waals surface area contributed by atoms with Crippen molar-refractivity contribution in [3.63, 3.8) is 0 Å². The summed E-state index contributed by atoms with van der Waals surface area (Å²) in [6, 6.07) is 23.1. The van der Waals surface area contributed by atoms with Gasteiger partial charge in [0.2, 0.25) is 0 Å². The predicted molar refractivity (Wildman–Crippen MR) is 97.9 cm³/mol. The molecular weight excluding hydrogens is 314 g/mol. The van der Waals surface area contributed by atoms with Crippen LogP contribution in [0.3, 0.4) is 0 Å². The van der Waals surface area contributed by atoms with E-state index in [9.17, 15) is 9.90 Å². The first-order chi connectivity index (χ1) is 12.3. The Morgan fingerprint density at radius 1 is 0.840 bits per heavy atom. The monoisotopic (exact) mass is 329 g/mol. The van der Waals surface area contributed by atoms with Crippen LogP contribution in [-0.4, -0.2) is 11.4 Å². The van der Waals surface area contributed by atoms with Crippen LogP contribution in [0.2, 0.25) is 0 Å². The molecule has 0 spiro atoms. The second-order valence-electron chi connectivity index (χ2n) is 5.61. The van der Waals surface area contributed by atoms with Crippen molar-refractivity contribution in [3.05, 3.63) is 84.4 Å². The van der Waals surface area contributed by atoms with Crippen LogP contribution in [0.4, 0.5) is 17.1 Å². The summed E-state index contributed by atoms with van der Waals surface area (Å²) >= 11 is 0. The van der Waals surface area contributed by atoms with Crippen molar-refractivity contribution in [2.75, 3.05) is 4.90 Å². The van der Waals surface area contributed by atoms with Gasteiger partial charge < -0.3 is 14.7 Å². The third kappa shape index (κ3) is 2.64. The average molecular weight is 329 g/mol. The van der Waals surface area contributed by atoms with Gasteiger partial charge in [0.05, 0.1) is 11.4 Å². The molecule has 1 heterocycles. The van der Waals surface area contributed by atoms with Gasteiger partial charge in [-0.1, -0.05) is 24.3 Å². The Hall–Kier alpha value is -3.53. The maximum atomic E-state index is 10.5. The lowest BCUT2D eigenvalue weighted by molar-refractivity contribution is -0.104. The molecule has 25 heavy (non-hydrogen) atoms. The fourth-order valence-electron chi connectivity index (χ4n) is 2.92. The van der Waals surface area contributed by atoms with Gasteiger partial charge in [0, 0.05) is 17.3 Å². The molecule has 1 N–H and O–H groups in total. The summed E-state index contributed by atoms with van der Waals surface area (Å²) in [4.78, 5) is 12.6. The number of hydrogen-bond acceptors (Lipinski definition) is 4. The summed E-state index contributed by atoms with van der Waals surface area (Å²) in [7, 11) is 0.